The van der Waals surface area contributed by atoms with Crippen molar-refractivity contribution in [1.82, 2.24) is 0 Å². The molecular weight excluding hydrogens is 581 g/mol. The topological polar surface area (TPSA) is 108 Å². The number of unbranched alkanes of at least 4 members (excludes halogenated alkanes) is 15. The Bertz CT molecular complexity index is 784. The van der Waals surface area contributed by atoms with Crippen molar-refractivity contribution in [2.45, 2.75) is 148 Å². The smallest absolute Gasteiger partial charge is 0.462 e. The van der Waals surface area contributed by atoms with E-state index in [2.05, 4.69) is 26.0 Å². The minimum absolute atomic E-state index is 0.0323. The third-order valence-corrected chi connectivity index (χ3v) is 8.28. The molecule has 2 atom stereocenters. The molecule has 0 bridgehead atoms. The van der Waals surface area contributed by atoms with E-state index < -0.39 is 26.5 Å². The van der Waals surface area contributed by atoms with Gasteiger partial charge in [0.15, 0.2) is 6.10 Å². The van der Waals surface area contributed by atoms with E-state index in [0.717, 1.165) is 57.8 Å². The Hall–Kier alpha value is -1.25. The molecule has 9 nitrogen and oxygen atoms in total. The zero-order valence-corrected chi connectivity index (χ0v) is 29.8. The average molecular weight is 649 g/mol. The lowest BCUT2D eigenvalue weighted by Gasteiger charge is -2.24. The number of nitrogens with zero attached hydrogens (tertiary/aromatic N) is 1. The molecule has 0 heterocycles. The number of carbonyl (C=O) groups is 2. The van der Waals surface area contributed by atoms with Crippen LogP contribution in [0.5, 0.6) is 0 Å². The van der Waals surface area contributed by atoms with Gasteiger partial charge < -0.3 is 18.9 Å². The minimum Gasteiger partial charge on any atom is -0.462 e. The van der Waals surface area contributed by atoms with Gasteiger partial charge in [0.1, 0.15) is 19.8 Å². The first kappa shape index (κ1) is 42.8. The van der Waals surface area contributed by atoms with E-state index in [1.807, 2.05) is 21.1 Å². The first-order valence-electron chi connectivity index (χ1n) is 17.4. The number of likely N-dealkylation sites (N-methyl/N-ethyl adjacent to an activating group) is 1. The van der Waals surface area contributed by atoms with Crippen LogP contribution in [-0.2, 0) is 32.7 Å². The zero-order chi connectivity index (χ0) is 32.9. The van der Waals surface area contributed by atoms with Crippen molar-refractivity contribution in [3.05, 3.63) is 12.2 Å². The molecule has 0 radical (unpaired) electrons. The van der Waals surface area contributed by atoms with Crippen molar-refractivity contribution in [2.75, 3.05) is 47.5 Å². The predicted octanol–water partition coefficient (Wildman–Crippen LogP) is 8.68. The van der Waals surface area contributed by atoms with Gasteiger partial charge in [0.05, 0.1) is 27.7 Å². The molecule has 1 unspecified atom stereocenters. The van der Waals surface area contributed by atoms with Crippen LogP contribution in [0.4, 0.5) is 0 Å². The Morgan fingerprint density at radius 3 is 1.75 bits per heavy atom. The van der Waals surface area contributed by atoms with Crippen molar-refractivity contribution in [3.63, 3.8) is 0 Å². The summed E-state index contributed by atoms with van der Waals surface area (Å²) in [6, 6.07) is 0. The van der Waals surface area contributed by atoms with Crippen LogP contribution in [0.2, 0.25) is 0 Å². The number of hydrogen-bond donors (Lipinski definition) is 1. The largest absolute Gasteiger partial charge is 0.472 e. The third kappa shape index (κ3) is 30.8. The molecule has 0 fully saturated rings. The van der Waals surface area contributed by atoms with Gasteiger partial charge in [-0.1, -0.05) is 109 Å². The highest BCUT2D eigenvalue weighted by molar-refractivity contribution is 7.47. The van der Waals surface area contributed by atoms with Gasteiger partial charge >= 0.3 is 19.8 Å². The summed E-state index contributed by atoms with van der Waals surface area (Å²) < 4.78 is 34.0. The number of esters is 2. The van der Waals surface area contributed by atoms with E-state index in [1.165, 1.54) is 51.4 Å². The first-order chi connectivity index (χ1) is 21.0. The molecule has 44 heavy (non-hydrogen) atoms. The van der Waals surface area contributed by atoms with E-state index in [4.69, 9.17) is 18.5 Å². The second kappa shape index (κ2) is 28.0. The summed E-state index contributed by atoms with van der Waals surface area (Å²) in [5.41, 5.74) is 0. The Morgan fingerprint density at radius 1 is 0.682 bits per heavy atom. The molecule has 0 aromatic carbocycles. The van der Waals surface area contributed by atoms with E-state index >= 15 is 0 Å². The summed E-state index contributed by atoms with van der Waals surface area (Å²) >= 11 is 0. The molecule has 0 amide bonds. The molecule has 0 saturated heterocycles. The summed E-state index contributed by atoms with van der Waals surface area (Å²) in [6.07, 6.45) is 24.1. The van der Waals surface area contributed by atoms with E-state index in [1.54, 1.807) is 0 Å². The highest BCUT2D eigenvalue weighted by Gasteiger charge is 2.27. The van der Waals surface area contributed by atoms with Crippen molar-refractivity contribution in [2.24, 2.45) is 0 Å². The van der Waals surface area contributed by atoms with Crippen molar-refractivity contribution in [1.29, 1.82) is 0 Å². The molecule has 0 aliphatic heterocycles. The van der Waals surface area contributed by atoms with Gasteiger partial charge in [0.2, 0.25) is 0 Å². The summed E-state index contributed by atoms with van der Waals surface area (Å²) in [7, 11) is 1.47. The highest BCUT2D eigenvalue weighted by Crippen LogP contribution is 2.43. The summed E-state index contributed by atoms with van der Waals surface area (Å²) in [5.74, 6) is -0.813. The third-order valence-electron chi connectivity index (χ3n) is 7.30. The van der Waals surface area contributed by atoms with Crippen LogP contribution in [0.1, 0.15) is 142 Å². The minimum atomic E-state index is -4.36. The number of carbonyl (C=O) groups excluding carboxylic acids is 2. The van der Waals surface area contributed by atoms with Gasteiger partial charge in [-0.05, 0) is 32.1 Å². The maximum atomic E-state index is 12.5. The Labute approximate surface area is 269 Å². The second-order valence-corrected chi connectivity index (χ2v) is 14.4. The van der Waals surface area contributed by atoms with Gasteiger partial charge in [0.25, 0.3) is 0 Å². The maximum absolute atomic E-state index is 12.5. The molecule has 0 aromatic rings. The molecular formula is C34H67NO8P+. The molecule has 0 spiro atoms. The van der Waals surface area contributed by atoms with E-state index in [9.17, 15) is 19.0 Å². The lowest BCUT2D eigenvalue weighted by atomic mass is 10.1. The number of allylic oxidation sites excluding steroid dienone is 2. The van der Waals surface area contributed by atoms with Crippen molar-refractivity contribution < 1.29 is 42.1 Å². The van der Waals surface area contributed by atoms with Crippen LogP contribution < -0.4 is 0 Å². The SMILES string of the molecule is CCCC/C=C/CCCCCCCC(=O)O[C@@H](COC(=O)CCCCCCCCCCC)COP(=O)(O)OCC[N+](C)(C)C. The van der Waals surface area contributed by atoms with Crippen molar-refractivity contribution >= 4 is 19.8 Å². The normalized spacial score (nSPS) is 14.0. The highest BCUT2D eigenvalue weighted by atomic mass is 31.2. The van der Waals surface area contributed by atoms with Crippen LogP contribution in [0.15, 0.2) is 12.2 Å². The number of quaternary nitrogens is 1. The number of rotatable bonds is 31. The maximum Gasteiger partial charge on any atom is 0.472 e. The van der Waals surface area contributed by atoms with Gasteiger partial charge in [-0.15, -0.1) is 0 Å². The fourth-order valence-corrected chi connectivity index (χ4v) is 5.20. The number of hydrogen-bond acceptors (Lipinski definition) is 7. The molecule has 0 aliphatic rings. The molecule has 0 rings (SSSR count). The summed E-state index contributed by atoms with van der Waals surface area (Å²) in [5, 5.41) is 0. The van der Waals surface area contributed by atoms with Gasteiger partial charge in [0, 0.05) is 12.8 Å². The van der Waals surface area contributed by atoms with Crippen LogP contribution in [-0.4, -0.2) is 74.9 Å². The quantitative estimate of drug-likeness (QED) is 0.0262. The van der Waals surface area contributed by atoms with E-state index in [0.29, 0.717) is 23.9 Å². The van der Waals surface area contributed by atoms with Crippen LogP contribution in [0, 0.1) is 0 Å². The van der Waals surface area contributed by atoms with Gasteiger partial charge in [-0.2, -0.15) is 0 Å². The first-order valence-corrected chi connectivity index (χ1v) is 18.9. The number of phosphoric ester groups is 1. The average Bonchev–Trinajstić information content (AvgIpc) is 2.95. The standard InChI is InChI=1S/C34H66NO8P/c1-6-8-10-12-14-16-17-19-21-23-25-27-34(37)43-32(31-42-44(38,39)41-29-28-35(3,4)5)30-40-33(36)26-24-22-20-18-15-13-11-9-7-2/h12,14,32H,6-11,13,15-31H2,1-5H3/p+1/b14-12+/t32-/m0/s1. The Kier molecular flexibility index (Phi) is 27.2. The van der Waals surface area contributed by atoms with Crippen LogP contribution >= 0.6 is 7.82 Å². The monoisotopic (exact) mass is 648 g/mol. The fourth-order valence-electron chi connectivity index (χ4n) is 4.46. The number of phosphoric acid groups is 1. The molecule has 0 saturated carbocycles. The molecule has 260 valence electrons. The Balaban J connectivity index is 4.51. The Morgan fingerprint density at radius 2 is 1.18 bits per heavy atom. The van der Waals surface area contributed by atoms with Crippen molar-refractivity contribution in [3.8, 4) is 0 Å². The lowest BCUT2D eigenvalue weighted by molar-refractivity contribution is -0.870. The van der Waals surface area contributed by atoms with Gasteiger partial charge in [-0.25, -0.2) is 4.57 Å². The summed E-state index contributed by atoms with van der Waals surface area (Å²) in [6.45, 7) is 4.32. The van der Waals surface area contributed by atoms with Crippen LogP contribution in [0.3, 0.4) is 0 Å². The molecule has 0 aromatic heterocycles. The lowest BCUT2D eigenvalue weighted by Crippen LogP contribution is -2.37. The zero-order valence-electron chi connectivity index (χ0n) is 28.9. The summed E-state index contributed by atoms with van der Waals surface area (Å²) in [4.78, 5) is 34.9. The second-order valence-electron chi connectivity index (χ2n) is 12.9. The molecule has 10 heteroatoms. The fraction of sp³-hybridized carbons (Fsp3) is 0.882. The molecule has 0 aliphatic carbocycles. The van der Waals surface area contributed by atoms with Gasteiger partial charge in [-0.3, -0.25) is 18.6 Å². The molecule has 1 N–H and O–H groups in total. The van der Waals surface area contributed by atoms with Crippen LogP contribution in [0.25, 0.3) is 0 Å². The van der Waals surface area contributed by atoms with E-state index in [-0.39, 0.29) is 25.6 Å². The number of ether oxygens (including phenoxy) is 2. The predicted molar refractivity (Wildman–Crippen MR) is 178 cm³/mol.